The van der Waals surface area contributed by atoms with Crippen molar-refractivity contribution < 1.29 is 5.43 Å². The van der Waals surface area contributed by atoms with Gasteiger partial charge in [0.1, 0.15) is 6.54 Å². The van der Waals surface area contributed by atoms with Gasteiger partial charge in [-0.1, -0.05) is 0 Å². The Kier molecular flexibility index (Phi) is 4.28. The van der Waals surface area contributed by atoms with Gasteiger partial charge in [0.05, 0.1) is 47.1 Å². The van der Waals surface area contributed by atoms with Crippen molar-refractivity contribution in [3.05, 3.63) is 35.7 Å². The van der Waals surface area contributed by atoms with Gasteiger partial charge in [-0.3, -0.25) is 9.78 Å². The third-order valence-corrected chi connectivity index (χ3v) is 4.80. The average Bonchev–Trinajstić information content (AvgIpc) is 3.36. The van der Waals surface area contributed by atoms with Crippen molar-refractivity contribution in [2.24, 2.45) is 5.84 Å². The molecule has 130 valence electrons. The molecule has 26 heavy (non-hydrogen) atoms. The third kappa shape index (κ3) is 3.11. The highest BCUT2D eigenvalue weighted by Gasteiger charge is 2.13. The van der Waals surface area contributed by atoms with E-state index >= 15 is 0 Å². The molecule has 0 radical (unpaired) electrons. The van der Waals surface area contributed by atoms with Gasteiger partial charge >= 0.3 is 0 Å². The van der Waals surface area contributed by atoms with Crippen LogP contribution in [0.5, 0.6) is 0 Å². The Morgan fingerprint density at radius 3 is 3.12 bits per heavy atom. The average molecular weight is 367 g/mol. The van der Waals surface area contributed by atoms with Crippen LogP contribution in [0.3, 0.4) is 0 Å². The fourth-order valence-electron chi connectivity index (χ4n) is 2.50. The highest BCUT2D eigenvalue weighted by atomic mass is 32.1. The number of fused-ring (bicyclic) bond motifs is 1. The number of aromatic nitrogens is 6. The lowest BCUT2D eigenvalue weighted by molar-refractivity contribution is -0.587. The molecule has 0 saturated carbocycles. The quantitative estimate of drug-likeness (QED) is 0.286. The molecule has 0 amide bonds. The second-order valence-electron chi connectivity index (χ2n) is 5.45. The van der Waals surface area contributed by atoms with Crippen LogP contribution >= 0.6 is 11.3 Å². The molecule has 6 N–H and O–H groups in total. The van der Waals surface area contributed by atoms with E-state index in [1.807, 2.05) is 6.20 Å². The van der Waals surface area contributed by atoms with Crippen LogP contribution in [0, 0.1) is 11.3 Å². The molecule has 4 heterocycles. The van der Waals surface area contributed by atoms with Gasteiger partial charge in [-0.2, -0.15) is 26.3 Å². The molecule has 0 fully saturated rings. The Bertz CT molecular complexity index is 1060. The van der Waals surface area contributed by atoms with Crippen LogP contribution in [-0.2, 0) is 13.1 Å². The van der Waals surface area contributed by atoms with Crippen LogP contribution < -0.4 is 16.6 Å². The molecular weight excluding hydrogens is 352 g/mol. The van der Waals surface area contributed by atoms with Crippen molar-refractivity contribution in [2.75, 3.05) is 5.32 Å². The lowest BCUT2D eigenvalue weighted by Gasteiger charge is -2.07. The predicted octanol–water partition coefficient (Wildman–Crippen LogP) is 0.482. The molecule has 4 rings (SSSR count). The van der Waals surface area contributed by atoms with Crippen molar-refractivity contribution in [1.82, 2.24) is 29.9 Å². The highest BCUT2D eigenvalue weighted by molar-refractivity contribution is 7.19. The molecule has 11 heteroatoms. The number of hydrogen-bond donors (Lipinski definition) is 4. The van der Waals surface area contributed by atoms with Crippen molar-refractivity contribution in [3.63, 3.8) is 0 Å². The minimum Gasteiger partial charge on any atom is -0.359 e. The Morgan fingerprint density at radius 2 is 2.31 bits per heavy atom. The lowest BCUT2D eigenvalue weighted by atomic mass is 10.2. The molecule has 0 saturated heterocycles. The molecular formula is C15H15N10S+. The standard InChI is InChI=1S/C15H14N10S/c16-1-2-25-8-9(4-21-25)12-6-19-15(23-17)14(22-12)18-5-10-3-11-13(26-10)7-20-24-11/h3-4,6-8H,2,5,17H2,(H,18,22)(H,19,23)(H,20,24)/p+1. The van der Waals surface area contributed by atoms with Gasteiger partial charge in [0.2, 0.25) is 5.82 Å². The molecule has 0 aliphatic heterocycles. The summed E-state index contributed by atoms with van der Waals surface area (Å²) in [6.45, 7) is 0.785. The summed E-state index contributed by atoms with van der Waals surface area (Å²) in [5.74, 6) is 6.83. The van der Waals surface area contributed by atoms with Gasteiger partial charge < -0.3 is 5.32 Å². The normalized spacial score (nSPS) is 10.9. The molecule has 10 nitrogen and oxygen atoms in total. The molecule has 0 unspecified atom stereocenters. The first-order valence-corrected chi connectivity index (χ1v) is 8.56. The van der Waals surface area contributed by atoms with Crippen LogP contribution in [0.4, 0.5) is 11.6 Å². The molecule has 0 aliphatic carbocycles. The summed E-state index contributed by atoms with van der Waals surface area (Å²) in [6, 6.07) is 4.10. The number of aromatic amines is 1. The number of thiophene rings is 1. The Balaban J connectivity index is 1.57. The number of nitrogens with two attached hydrogens (primary N) is 2. The van der Waals surface area contributed by atoms with E-state index in [1.165, 1.54) is 5.43 Å². The number of H-pyrrole nitrogens is 1. The summed E-state index contributed by atoms with van der Waals surface area (Å²) in [6.07, 6.45) is 6.86. The summed E-state index contributed by atoms with van der Waals surface area (Å²) in [4.78, 5) is 10.1. The summed E-state index contributed by atoms with van der Waals surface area (Å²) in [5.41, 5.74) is 3.88. The minimum absolute atomic E-state index is 0.188. The topological polar surface area (TPSA) is 151 Å². The summed E-state index contributed by atoms with van der Waals surface area (Å²) in [5, 5.41) is 23.1. The van der Waals surface area contributed by atoms with E-state index in [9.17, 15) is 0 Å². The van der Waals surface area contributed by atoms with Gasteiger partial charge in [-0.25, -0.2) is 10.4 Å². The van der Waals surface area contributed by atoms with Gasteiger partial charge in [0.25, 0.3) is 5.82 Å². The smallest absolute Gasteiger partial charge is 0.286 e. The van der Waals surface area contributed by atoms with E-state index in [1.54, 1.807) is 34.6 Å². The van der Waals surface area contributed by atoms with Crippen molar-refractivity contribution in [3.8, 4) is 17.3 Å². The number of hydrogen-bond acceptors (Lipinski definition) is 8. The first kappa shape index (κ1) is 16.2. The van der Waals surface area contributed by atoms with Crippen molar-refractivity contribution in [1.29, 1.82) is 5.26 Å². The van der Waals surface area contributed by atoms with Crippen LogP contribution in [0.2, 0.25) is 0 Å². The van der Waals surface area contributed by atoms with Crippen molar-refractivity contribution >= 4 is 33.2 Å². The second kappa shape index (κ2) is 6.89. The second-order valence-corrected chi connectivity index (χ2v) is 6.62. The first-order valence-electron chi connectivity index (χ1n) is 7.74. The van der Waals surface area contributed by atoms with Crippen LogP contribution in [0.1, 0.15) is 4.88 Å². The largest absolute Gasteiger partial charge is 0.359 e. The number of anilines is 1. The molecule has 0 atom stereocenters. The zero-order valence-corrected chi connectivity index (χ0v) is 14.4. The van der Waals surface area contributed by atoms with E-state index in [-0.39, 0.29) is 6.54 Å². The van der Waals surface area contributed by atoms with E-state index in [0.717, 1.165) is 20.7 Å². The predicted molar refractivity (Wildman–Crippen MR) is 95.9 cm³/mol. The molecule has 0 aromatic carbocycles. The Hall–Kier alpha value is -3.33. The van der Waals surface area contributed by atoms with Crippen LogP contribution in [0.15, 0.2) is 30.9 Å². The number of nitrogens with zero attached hydrogens (tertiary/aromatic N) is 6. The van der Waals surface area contributed by atoms with E-state index in [2.05, 4.69) is 42.7 Å². The van der Waals surface area contributed by atoms with E-state index < -0.39 is 0 Å². The Labute approximate surface area is 151 Å². The fourth-order valence-corrected chi connectivity index (χ4v) is 3.43. The molecule has 4 aromatic rings. The maximum absolute atomic E-state index is 8.75. The Morgan fingerprint density at radius 1 is 1.38 bits per heavy atom. The van der Waals surface area contributed by atoms with Gasteiger partial charge in [0.15, 0.2) is 0 Å². The summed E-state index contributed by atoms with van der Waals surface area (Å²) in [7, 11) is 0. The number of rotatable bonds is 6. The number of nitrogens with one attached hydrogen (secondary N) is 2. The zero-order valence-electron chi connectivity index (χ0n) is 13.5. The maximum atomic E-state index is 8.75. The first-order chi connectivity index (χ1) is 12.8. The lowest BCUT2D eigenvalue weighted by Crippen LogP contribution is -2.86. The molecule has 0 bridgehead atoms. The van der Waals surface area contributed by atoms with Crippen LogP contribution in [0.25, 0.3) is 21.5 Å². The van der Waals surface area contributed by atoms with Gasteiger partial charge in [-0.15, -0.1) is 11.3 Å². The minimum atomic E-state index is 0.188. The molecule has 4 aromatic heterocycles. The molecule has 0 aliphatic rings. The SMILES string of the molecule is N#CCn1cc(-c2cnc([NH2+]N)c(NCc3cc4[nH]ncc4s3)n2)cn1. The third-order valence-electron chi connectivity index (χ3n) is 3.73. The summed E-state index contributed by atoms with van der Waals surface area (Å²) < 4.78 is 2.66. The maximum Gasteiger partial charge on any atom is 0.286 e. The number of quaternary nitrogens is 1. The summed E-state index contributed by atoms with van der Waals surface area (Å²) >= 11 is 1.66. The highest BCUT2D eigenvalue weighted by Crippen LogP contribution is 2.25. The van der Waals surface area contributed by atoms with Crippen molar-refractivity contribution in [2.45, 2.75) is 13.1 Å². The van der Waals surface area contributed by atoms with E-state index in [0.29, 0.717) is 23.9 Å². The van der Waals surface area contributed by atoms with E-state index in [4.69, 9.17) is 11.1 Å². The zero-order chi connectivity index (χ0) is 17.9. The van der Waals surface area contributed by atoms with Gasteiger partial charge in [0, 0.05) is 16.6 Å². The number of nitriles is 1. The van der Waals surface area contributed by atoms with Gasteiger partial charge in [-0.05, 0) is 6.07 Å². The fraction of sp³-hybridized carbons (Fsp3) is 0.133. The molecule has 0 spiro atoms. The monoisotopic (exact) mass is 367 g/mol. The van der Waals surface area contributed by atoms with Crippen LogP contribution in [-0.4, -0.2) is 29.9 Å².